The normalized spacial score (nSPS) is 5.17. The molecule has 32 valence electrons. The molecule has 4 heteroatoms. The molecule has 2 N–H and O–H groups in total. The molecule has 0 fully saturated rings. The maximum atomic E-state index is 8.56. The van der Waals surface area contributed by atoms with Crippen molar-refractivity contribution < 1.29 is 15.0 Å². The summed E-state index contributed by atoms with van der Waals surface area (Å²) in [6, 6.07) is 0. The van der Waals surface area contributed by atoms with Crippen molar-refractivity contribution in [1.82, 2.24) is 0 Å². The molecule has 0 aliphatic rings. The van der Waals surface area contributed by atoms with Gasteiger partial charge in [0, 0.05) is 0 Å². The minimum absolute atomic E-state index is 1.31. The molecule has 0 aliphatic heterocycles. The Morgan fingerprint density at radius 3 is 1.50 bits per heavy atom. The minimum atomic E-state index is -1.83. The standard InChI is InChI=1S/CH2O3.CH3.Na/c2-1(3)4;;/h(H2,2,3,4);1H3;. The first kappa shape index (κ1) is 9.55. The molecule has 0 amide bonds. The van der Waals surface area contributed by atoms with Gasteiger partial charge in [-0.05, 0) is 0 Å². The summed E-state index contributed by atoms with van der Waals surface area (Å²) in [6.07, 6.45) is -1.83. The van der Waals surface area contributed by atoms with Gasteiger partial charge < -0.3 is 10.2 Å². The Hall–Kier alpha value is 0.270. The van der Waals surface area contributed by atoms with E-state index in [0.717, 1.165) is 0 Å². The number of hydrogen-bond donors (Lipinski definition) is 2. The van der Waals surface area contributed by atoms with E-state index in [-0.39, 0.29) is 0 Å². The molecule has 0 aliphatic carbocycles. The molecular formula is C2H5NaO3. The summed E-state index contributed by atoms with van der Waals surface area (Å²) in [5.74, 6) is 0. The van der Waals surface area contributed by atoms with Crippen LogP contribution in [-0.2, 0) is 0 Å². The fourth-order valence-corrected chi connectivity index (χ4v) is 0. The SMILES string of the molecule is O=C(O)O.[CH3][Na]. The van der Waals surface area contributed by atoms with Crippen LogP contribution in [0.4, 0.5) is 4.79 Å². The Morgan fingerprint density at radius 2 is 1.50 bits per heavy atom. The van der Waals surface area contributed by atoms with Gasteiger partial charge in [0.1, 0.15) is 0 Å². The van der Waals surface area contributed by atoms with Gasteiger partial charge in [0.25, 0.3) is 0 Å². The van der Waals surface area contributed by atoms with Crippen LogP contribution in [0.3, 0.4) is 0 Å². The van der Waals surface area contributed by atoms with Crippen LogP contribution in [0.25, 0.3) is 0 Å². The van der Waals surface area contributed by atoms with E-state index < -0.39 is 6.16 Å². The van der Waals surface area contributed by atoms with Gasteiger partial charge in [0.05, 0.1) is 0 Å². The summed E-state index contributed by atoms with van der Waals surface area (Å²) < 4.78 is 2.14. The Kier molecular flexibility index (Phi) is 14.3. The Morgan fingerprint density at radius 1 is 1.50 bits per heavy atom. The fraction of sp³-hybridized carbons (Fsp3) is 0.500. The van der Waals surface area contributed by atoms with Crippen molar-refractivity contribution in [2.75, 3.05) is 0 Å². The van der Waals surface area contributed by atoms with Crippen molar-refractivity contribution >= 4 is 34.1 Å². The zero-order valence-corrected chi connectivity index (χ0v) is 5.80. The molecule has 0 saturated heterocycles. The van der Waals surface area contributed by atoms with Crippen molar-refractivity contribution in [1.29, 1.82) is 0 Å². The Balaban J connectivity index is 0. The first-order valence-corrected chi connectivity index (χ1v) is 3.65. The van der Waals surface area contributed by atoms with Crippen LogP contribution in [0.1, 0.15) is 0 Å². The van der Waals surface area contributed by atoms with Gasteiger partial charge in [-0.15, -0.1) is 0 Å². The molecule has 0 unspecified atom stereocenters. The number of carboxylic acid groups (broad SMARTS) is 2. The van der Waals surface area contributed by atoms with Crippen LogP contribution < -0.4 is 0 Å². The van der Waals surface area contributed by atoms with E-state index in [1.807, 2.05) is 0 Å². The molecule has 0 rings (SSSR count). The van der Waals surface area contributed by atoms with Crippen molar-refractivity contribution in [2.45, 2.75) is 4.17 Å². The predicted octanol–water partition coefficient (Wildman–Crippen LogP) is 0.425. The summed E-state index contributed by atoms with van der Waals surface area (Å²) in [5.41, 5.74) is 0. The van der Waals surface area contributed by atoms with Crippen LogP contribution in [0.15, 0.2) is 0 Å². The monoisotopic (exact) mass is 100 g/mol. The van der Waals surface area contributed by atoms with Crippen molar-refractivity contribution in [3.8, 4) is 0 Å². The first-order valence-electron chi connectivity index (χ1n) is 1.65. The second-order valence-electron chi connectivity index (χ2n) is 0.283. The molecule has 0 atom stereocenters. The molecule has 6 heavy (non-hydrogen) atoms. The van der Waals surface area contributed by atoms with Crippen LogP contribution in [-0.4, -0.2) is 44.3 Å². The van der Waals surface area contributed by atoms with E-state index in [2.05, 4.69) is 4.17 Å². The van der Waals surface area contributed by atoms with Gasteiger partial charge in [-0.2, -0.15) is 0 Å². The Bertz CT molecular complexity index is 31.8. The van der Waals surface area contributed by atoms with Crippen molar-refractivity contribution in [3.05, 3.63) is 0 Å². The average Bonchev–Trinajstić information content (AvgIpc) is 1.41. The maximum absolute atomic E-state index is 8.56. The Labute approximate surface area is 53.4 Å². The van der Waals surface area contributed by atoms with E-state index >= 15 is 0 Å². The third kappa shape index (κ3) is 626. The van der Waals surface area contributed by atoms with Crippen LogP contribution in [0.5, 0.6) is 0 Å². The summed E-state index contributed by atoms with van der Waals surface area (Å²) in [5, 5.41) is 13.9. The zero-order valence-electron chi connectivity index (χ0n) is 3.80. The van der Waals surface area contributed by atoms with E-state index in [1.54, 1.807) is 0 Å². The van der Waals surface area contributed by atoms with Gasteiger partial charge in [0.2, 0.25) is 0 Å². The predicted molar refractivity (Wildman–Crippen MR) is 22.3 cm³/mol. The van der Waals surface area contributed by atoms with Crippen LogP contribution in [0, 0.1) is 0 Å². The molecule has 0 spiro atoms. The number of carbonyl (C=O) groups is 1. The molecule has 0 aromatic heterocycles. The second kappa shape index (κ2) is 8.99. The summed E-state index contributed by atoms with van der Waals surface area (Å²) in [7, 11) is 0. The molecular weight excluding hydrogens is 95.0 g/mol. The molecule has 0 heterocycles. The first-order chi connectivity index (χ1) is 2.73. The summed E-state index contributed by atoms with van der Waals surface area (Å²) in [6.45, 7) is 0. The fourth-order valence-electron chi connectivity index (χ4n) is 0. The van der Waals surface area contributed by atoms with E-state index in [4.69, 9.17) is 15.0 Å². The van der Waals surface area contributed by atoms with Gasteiger partial charge >= 0.3 is 38.3 Å². The van der Waals surface area contributed by atoms with Crippen molar-refractivity contribution in [3.63, 3.8) is 0 Å². The number of hydrogen-bond acceptors (Lipinski definition) is 1. The van der Waals surface area contributed by atoms with E-state index in [1.165, 1.54) is 27.9 Å². The van der Waals surface area contributed by atoms with Gasteiger partial charge in [-0.25, -0.2) is 4.79 Å². The molecule has 0 bridgehead atoms. The van der Waals surface area contributed by atoms with Gasteiger partial charge in [0.15, 0.2) is 0 Å². The zero-order chi connectivity index (χ0) is 5.58. The molecule has 3 nitrogen and oxygen atoms in total. The second-order valence-corrected chi connectivity index (χ2v) is 0.283. The molecule has 0 saturated carbocycles. The summed E-state index contributed by atoms with van der Waals surface area (Å²) >= 11 is 1.31. The third-order valence-electron chi connectivity index (χ3n) is 0. The molecule has 0 radical (unpaired) electrons. The van der Waals surface area contributed by atoms with E-state index in [0.29, 0.717) is 0 Å². The summed E-state index contributed by atoms with van der Waals surface area (Å²) in [4.78, 5) is 8.56. The number of rotatable bonds is 0. The van der Waals surface area contributed by atoms with Crippen LogP contribution >= 0.6 is 0 Å². The average molecular weight is 100 g/mol. The third-order valence-corrected chi connectivity index (χ3v) is 0. The van der Waals surface area contributed by atoms with E-state index in [9.17, 15) is 0 Å². The van der Waals surface area contributed by atoms with Gasteiger partial charge in [-0.3, -0.25) is 0 Å². The topological polar surface area (TPSA) is 57.5 Å². The van der Waals surface area contributed by atoms with Crippen LogP contribution in [0.2, 0.25) is 4.17 Å². The molecule has 0 aromatic rings. The van der Waals surface area contributed by atoms with Gasteiger partial charge in [-0.1, -0.05) is 0 Å². The quantitative estimate of drug-likeness (QED) is 0.434. The van der Waals surface area contributed by atoms with Crippen molar-refractivity contribution in [2.24, 2.45) is 0 Å². The molecule has 0 aromatic carbocycles.